The predicted octanol–water partition coefficient (Wildman–Crippen LogP) is 15.0. The molecule has 0 fully saturated rings. The third-order valence-corrected chi connectivity index (χ3v) is 13.9. The van der Waals surface area contributed by atoms with E-state index in [1.807, 2.05) is 0 Å². The number of allylic oxidation sites excluding steroid dienone is 5. The first kappa shape index (κ1) is 36.4. The lowest BCUT2D eigenvalue weighted by atomic mass is 9.67. The van der Waals surface area contributed by atoms with E-state index in [-0.39, 0.29) is 5.41 Å². The minimum Gasteiger partial charge on any atom is -0.488 e. The second kappa shape index (κ2) is 14.1. The first-order valence-corrected chi connectivity index (χ1v) is 21.8. The van der Waals surface area contributed by atoms with Gasteiger partial charge in [-0.1, -0.05) is 190 Å². The normalized spacial score (nSPS) is 15.6. The Hall–Kier alpha value is -7.42. The molecule has 0 aromatic heterocycles. The highest BCUT2D eigenvalue weighted by Gasteiger charge is 2.46. The Labute approximate surface area is 364 Å². The number of hydrogen-bond acceptors (Lipinski definition) is 2. The Balaban J connectivity index is 1.12. The van der Waals surface area contributed by atoms with Crippen LogP contribution in [0.15, 0.2) is 218 Å². The molecule has 8 aromatic rings. The third kappa shape index (κ3) is 5.29. The van der Waals surface area contributed by atoms with Gasteiger partial charge in [-0.2, -0.15) is 0 Å². The molecule has 0 unspecified atom stereocenters. The van der Waals surface area contributed by atoms with Gasteiger partial charge >= 0.3 is 0 Å². The van der Waals surface area contributed by atoms with Gasteiger partial charge in [0.15, 0.2) is 0 Å². The van der Waals surface area contributed by atoms with E-state index in [1.54, 1.807) is 0 Å². The van der Waals surface area contributed by atoms with E-state index in [4.69, 9.17) is 4.74 Å². The van der Waals surface area contributed by atoms with Crippen LogP contribution in [-0.4, -0.2) is 0 Å². The van der Waals surface area contributed by atoms with Crippen molar-refractivity contribution in [1.82, 2.24) is 0 Å². The van der Waals surface area contributed by atoms with Crippen molar-refractivity contribution in [3.05, 3.63) is 263 Å². The molecule has 0 amide bonds. The average Bonchev–Trinajstić information content (AvgIpc) is 3.60. The van der Waals surface area contributed by atoms with Crippen molar-refractivity contribution < 1.29 is 4.74 Å². The SMILES string of the molecule is CC1(C)c2ccccc2-c2cccc(C3=CC(N(c4ccc5c(c4)C(c4ccccc4)(c4ccccc4)c4ccccc4-5)c4cccc5c4-c4ccccc4OC5)=CC=CC3)c21. The van der Waals surface area contributed by atoms with Crippen LogP contribution in [0.3, 0.4) is 0 Å². The first-order valence-electron chi connectivity index (χ1n) is 21.8. The highest BCUT2D eigenvalue weighted by molar-refractivity contribution is 5.94. The minimum absolute atomic E-state index is 0.141. The average molecular weight is 796 g/mol. The molecule has 62 heavy (non-hydrogen) atoms. The van der Waals surface area contributed by atoms with Gasteiger partial charge < -0.3 is 9.64 Å². The Morgan fingerprint density at radius 2 is 1.13 bits per heavy atom. The van der Waals surface area contributed by atoms with E-state index < -0.39 is 5.41 Å². The predicted molar refractivity (Wildman–Crippen MR) is 256 cm³/mol. The molecule has 0 bridgehead atoms. The number of ether oxygens (including phenoxy) is 1. The molecule has 4 aliphatic rings. The highest BCUT2D eigenvalue weighted by Crippen LogP contribution is 2.58. The summed E-state index contributed by atoms with van der Waals surface area (Å²) in [5.41, 5.74) is 21.9. The fourth-order valence-electron chi connectivity index (χ4n) is 11.2. The number of anilines is 2. The first-order chi connectivity index (χ1) is 30.5. The van der Waals surface area contributed by atoms with Crippen molar-refractivity contribution in [1.29, 1.82) is 0 Å². The maximum absolute atomic E-state index is 6.38. The fraction of sp³-hybridized carbons (Fsp3) is 0.100. The van der Waals surface area contributed by atoms with Crippen LogP contribution in [0, 0.1) is 0 Å². The number of hydrogen-bond donors (Lipinski definition) is 0. The summed E-state index contributed by atoms with van der Waals surface area (Å²) in [6.45, 7) is 5.30. The summed E-state index contributed by atoms with van der Waals surface area (Å²) in [5, 5.41) is 0. The van der Waals surface area contributed by atoms with Gasteiger partial charge in [-0.25, -0.2) is 0 Å². The molecule has 0 saturated heterocycles. The Bertz CT molecular complexity index is 3140. The Kier molecular flexibility index (Phi) is 8.27. The molecule has 2 nitrogen and oxygen atoms in total. The summed E-state index contributed by atoms with van der Waals surface area (Å²) < 4.78 is 6.38. The molecule has 0 N–H and O–H groups in total. The van der Waals surface area contributed by atoms with Crippen molar-refractivity contribution in [2.24, 2.45) is 0 Å². The van der Waals surface area contributed by atoms with Crippen LogP contribution in [0.25, 0.3) is 39.0 Å². The van der Waals surface area contributed by atoms with E-state index in [2.05, 4.69) is 231 Å². The van der Waals surface area contributed by atoms with E-state index >= 15 is 0 Å². The van der Waals surface area contributed by atoms with Crippen molar-refractivity contribution in [3.63, 3.8) is 0 Å². The molecule has 1 aliphatic heterocycles. The lowest BCUT2D eigenvalue weighted by Crippen LogP contribution is -2.29. The van der Waals surface area contributed by atoms with Crippen molar-refractivity contribution in [2.45, 2.75) is 37.7 Å². The van der Waals surface area contributed by atoms with Crippen LogP contribution in [-0.2, 0) is 17.4 Å². The fourth-order valence-corrected chi connectivity index (χ4v) is 11.2. The van der Waals surface area contributed by atoms with E-state index in [9.17, 15) is 0 Å². The maximum atomic E-state index is 6.38. The van der Waals surface area contributed by atoms with Gasteiger partial charge in [-0.15, -0.1) is 0 Å². The van der Waals surface area contributed by atoms with Crippen LogP contribution >= 0.6 is 0 Å². The molecule has 0 spiro atoms. The van der Waals surface area contributed by atoms with Crippen LogP contribution in [0.4, 0.5) is 11.4 Å². The number of fused-ring (bicyclic) bond motifs is 9. The molecule has 8 aromatic carbocycles. The zero-order valence-corrected chi connectivity index (χ0v) is 35.0. The smallest absolute Gasteiger partial charge is 0.127 e. The minimum atomic E-state index is -0.531. The van der Waals surface area contributed by atoms with Gasteiger partial charge in [0.1, 0.15) is 12.4 Å². The largest absolute Gasteiger partial charge is 0.488 e. The maximum Gasteiger partial charge on any atom is 0.127 e. The van der Waals surface area contributed by atoms with Gasteiger partial charge in [-0.05, 0) is 115 Å². The quantitative estimate of drug-likeness (QED) is 0.166. The number of nitrogens with zero attached hydrogens (tertiary/aromatic N) is 1. The van der Waals surface area contributed by atoms with E-state index in [0.717, 1.165) is 34.8 Å². The standard InChI is InChI=1S/C60H45NO/c1-59(2)52-31-14-11-27-48(52)50-30-18-29-46(58(50)59)40-19-9-10-25-44(37-40)61(55-33-17-20-41-39-62-56-34-16-13-28-51(56)57(41)55)45-35-36-49-47-26-12-15-32-53(47)60(54(49)38-45,42-21-5-3-6-22-42)43-23-7-4-8-24-43/h3-18,20-38H,19,39H2,1-2H3. The topological polar surface area (TPSA) is 12.5 Å². The summed E-state index contributed by atoms with van der Waals surface area (Å²) in [5.74, 6) is 0.914. The van der Waals surface area contributed by atoms with Crippen molar-refractivity contribution >= 4 is 16.9 Å². The van der Waals surface area contributed by atoms with E-state index in [0.29, 0.717) is 6.61 Å². The van der Waals surface area contributed by atoms with Crippen LogP contribution in [0.2, 0.25) is 0 Å². The van der Waals surface area contributed by atoms with E-state index in [1.165, 1.54) is 77.9 Å². The van der Waals surface area contributed by atoms with Gasteiger partial charge in [0.05, 0.1) is 11.1 Å². The summed E-state index contributed by atoms with van der Waals surface area (Å²) in [4.78, 5) is 2.52. The molecule has 296 valence electrons. The molecule has 1 heterocycles. The van der Waals surface area contributed by atoms with Crippen molar-refractivity contribution in [2.75, 3.05) is 4.90 Å². The third-order valence-electron chi connectivity index (χ3n) is 13.9. The second-order valence-electron chi connectivity index (χ2n) is 17.5. The van der Waals surface area contributed by atoms with Gasteiger partial charge in [0, 0.05) is 27.9 Å². The molecule has 0 radical (unpaired) electrons. The molecule has 12 rings (SSSR count). The lowest BCUT2D eigenvalue weighted by molar-refractivity contribution is 0.302. The Morgan fingerprint density at radius 1 is 0.516 bits per heavy atom. The summed E-state index contributed by atoms with van der Waals surface area (Å²) in [6.07, 6.45) is 10.2. The molecule has 0 atom stereocenters. The zero-order valence-electron chi connectivity index (χ0n) is 35.0. The molecular weight excluding hydrogens is 751 g/mol. The molecular formula is C60H45NO. The number of rotatable bonds is 6. The Morgan fingerprint density at radius 3 is 1.90 bits per heavy atom. The van der Waals surface area contributed by atoms with Gasteiger partial charge in [-0.3, -0.25) is 0 Å². The monoisotopic (exact) mass is 795 g/mol. The summed E-state index contributed by atoms with van der Waals surface area (Å²) in [7, 11) is 0. The summed E-state index contributed by atoms with van der Waals surface area (Å²) in [6, 6.07) is 69.5. The summed E-state index contributed by atoms with van der Waals surface area (Å²) >= 11 is 0. The molecule has 3 aliphatic carbocycles. The van der Waals surface area contributed by atoms with Gasteiger partial charge in [0.25, 0.3) is 0 Å². The molecule has 0 saturated carbocycles. The molecule has 2 heteroatoms. The van der Waals surface area contributed by atoms with Crippen LogP contribution in [0.1, 0.15) is 64.8 Å². The van der Waals surface area contributed by atoms with Crippen LogP contribution < -0.4 is 9.64 Å². The zero-order chi connectivity index (χ0) is 41.4. The highest BCUT2D eigenvalue weighted by atomic mass is 16.5. The second-order valence-corrected chi connectivity index (χ2v) is 17.5. The number of para-hydroxylation sites is 1. The number of benzene rings is 8. The van der Waals surface area contributed by atoms with Crippen molar-refractivity contribution in [3.8, 4) is 39.1 Å². The van der Waals surface area contributed by atoms with Crippen LogP contribution in [0.5, 0.6) is 5.75 Å². The van der Waals surface area contributed by atoms with Gasteiger partial charge in [0.2, 0.25) is 0 Å². The lowest BCUT2D eigenvalue weighted by Gasteiger charge is -2.36.